The van der Waals surface area contributed by atoms with Gasteiger partial charge in [0.1, 0.15) is 0 Å². The normalized spacial score (nSPS) is 23.4. The molecule has 1 aromatic carbocycles. The summed E-state index contributed by atoms with van der Waals surface area (Å²) in [7, 11) is 0. The molecule has 0 amide bonds. The molecule has 0 aromatic heterocycles. The molecule has 0 bridgehead atoms. The van der Waals surface area contributed by atoms with Crippen LogP contribution in [0.2, 0.25) is 0 Å². The van der Waals surface area contributed by atoms with Crippen molar-refractivity contribution >= 4 is 21.6 Å². The SMILES string of the molecule is CC1CN(c2ccc(CNC(C)(C)C)c(Br)c2)C(C)CO1. The van der Waals surface area contributed by atoms with E-state index in [1.165, 1.54) is 15.7 Å². The summed E-state index contributed by atoms with van der Waals surface area (Å²) >= 11 is 3.72. The van der Waals surface area contributed by atoms with Crippen LogP contribution >= 0.6 is 15.9 Å². The summed E-state index contributed by atoms with van der Waals surface area (Å²) in [6.07, 6.45) is 0.294. The van der Waals surface area contributed by atoms with Crippen LogP contribution in [0.5, 0.6) is 0 Å². The molecule has 0 saturated carbocycles. The molecule has 1 aliphatic rings. The summed E-state index contributed by atoms with van der Waals surface area (Å²) in [5.74, 6) is 0. The number of ether oxygens (including phenoxy) is 1. The van der Waals surface area contributed by atoms with Crippen LogP contribution in [-0.4, -0.2) is 30.8 Å². The predicted molar refractivity (Wildman–Crippen MR) is 93.0 cm³/mol. The Balaban J connectivity index is 2.11. The quantitative estimate of drug-likeness (QED) is 0.889. The Bertz CT molecular complexity index is 484. The molecule has 4 heteroatoms. The molecule has 1 N–H and O–H groups in total. The Kier molecular flexibility index (Phi) is 5.33. The van der Waals surface area contributed by atoms with Crippen LogP contribution in [0.15, 0.2) is 22.7 Å². The summed E-state index contributed by atoms with van der Waals surface area (Å²) in [4.78, 5) is 2.43. The molecular weight excluding hydrogens is 328 g/mol. The highest BCUT2D eigenvalue weighted by molar-refractivity contribution is 9.10. The van der Waals surface area contributed by atoms with Gasteiger partial charge >= 0.3 is 0 Å². The third-order valence-corrected chi connectivity index (χ3v) is 4.52. The lowest BCUT2D eigenvalue weighted by molar-refractivity contribution is 0.0344. The van der Waals surface area contributed by atoms with Gasteiger partial charge in [-0.25, -0.2) is 0 Å². The fourth-order valence-electron chi connectivity index (χ4n) is 2.48. The van der Waals surface area contributed by atoms with Crippen molar-refractivity contribution in [2.45, 2.75) is 58.8 Å². The number of nitrogens with one attached hydrogen (secondary N) is 1. The molecule has 21 heavy (non-hydrogen) atoms. The minimum atomic E-state index is 0.131. The second kappa shape index (κ2) is 6.67. The standard InChI is InChI=1S/C17H27BrN2O/c1-12-11-21-13(2)10-20(12)15-7-6-14(16(18)8-15)9-19-17(3,4)5/h6-8,12-13,19H,9-11H2,1-5H3. The molecule has 1 fully saturated rings. The lowest BCUT2D eigenvalue weighted by Gasteiger charge is -2.38. The van der Waals surface area contributed by atoms with E-state index in [1.54, 1.807) is 0 Å². The van der Waals surface area contributed by atoms with E-state index in [1.807, 2.05) is 0 Å². The maximum atomic E-state index is 5.71. The lowest BCUT2D eigenvalue weighted by Crippen LogP contribution is -2.47. The molecule has 1 saturated heterocycles. The smallest absolute Gasteiger partial charge is 0.0723 e. The Morgan fingerprint density at radius 2 is 2.05 bits per heavy atom. The first-order valence-corrected chi connectivity index (χ1v) is 8.47. The van der Waals surface area contributed by atoms with Gasteiger partial charge < -0.3 is 15.0 Å². The molecule has 3 nitrogen and oxygen atoms in total. The predicted octanol–water partition coefficient (Wildman–Crippen LogP) is 3.95. The number of nitrogens with zero attached hydrogens (tertiary/aromatic N) is 1. The average molecular weight is 355 g/mol. The molecule has 0 spiro atoms. The van der Waals surface area contributed by atoms with Crippen LogP contribution < -0.4 is 10.2 Å². The van der Waals surface area contributed by atoms with Gasteiger partial charge in [0.05, 0.1) is 12.7 Å². The van der Waals surface area contributed by atoms with Crippen LogP contribution in [0.3, 0.4) is 0 Å². The highest BCUT2D eigenvalue weighted by atomic mass is 79.9. The van der Waals surface area contributed by atoms with E-state index in [2.05, 4.69) is 79.0 Å². The van der Waals surface area contributed by atoms with Gasteiger partial charge in [-0.3, -0.25) is 0 Å². The topological polar surface area (TPSA) is 24.5 Å². The molecule has 1 aromatic rings. The van der Waals surface area contributed by atoms with E-state index in [4.69, 9.17) is 4.74 Å². The monoisotopic (exact) mass is 354 g/mol. The van der Waals surface area contributed by atoms with Gasteiger partial charge in [0.15, 0.2) is 0 Å². The molecule has 1 aliphatic heterocycles. The maximum Gasteiger partial charge on any atom is 0.0723 e. The van der Waals surface area contributed by atoms with Gasteiger partial charge in [0.25, 0.3) is 0 Å². The zero-order valence-corrected chi connectivity index (χ0v) is 15.3. The van der Waals surface area contributed by atoms with E-state index in [-0.39, 0.29) is 5.54 Å². The molecule has 118 valence electrons. The van der Waals surface area contributed by atoms with E-state index < -0.39 is 0 Å². The molecule has 2 atom stereocenters. The summed E-state index contributed by atoms with van der Waals surface area (Å²) in [6, 6.07) is 7.09. The van der Waals surface area contributed by atoms with Crippen LogP contribution in [0.25, 0.3) is 0 Å². The van der Waals surface area contributed by atoms with E-state index in [0.29, 0.717) is 12.1 Å². The first kappa shape index (κ1) is 16.8. The zero-order valence-electron chi connectivity index (χ0n) is 13.7. The van der Waals surface area contributed by atoms with Gasteiger partial charge in [-0.1, -0.05) is 22.0 Å². The van der Waals surface area contributed by atoms with Crippen molar-refractivity contribution in [2.24, 2.45) is 0 Å². The van der Waals surface area contributed by atoms with Crippen molar-refractivity contribution in [3.05, 3.63) is 28.2 Å². The number of hydrogen-bond donors (Lipinski definition) is 1. The first-order chi connectivity index (χ1) is 9.76. The summed E-state index contributed by atoms with van der Waals surface area (Å²) in [5, 5.41) is 3.53. The second-order valence-corrected chi connectivity index (χ2v) is 7.88. The average Bonchev–Trinajstić information content (AvgIpc) is 2.39. The van der Waals surface area contributed by atoms with Gasteiger partial charge in [-0.15, -0.1) is 0 Å². The Morgan fingerprint density at radius 3 is 2.67 bits per heavy atom. The van der Waals surface area contributed by atoms with Crippen molar-refractivity contribution in [1.82, 2.24) is 5.32 Å². The number of anilines is 1. The molecule has 2 rings (SSSR count). The number of morpholine rings is 1. The number of benzene rings is 1. The third kappa shape index (κ3) is 4.70. The Hall–Kier alpha value is -0.580. The van der Waals surface area contributed by atoms with E-state index >= 15 is 0 Å². The Morgan fingerprint density at radius 1 is 1.33 bits per heavy atom. The fraction of sp³-hybridized carbons (Fsp3) is 0.647. The third-order valence-electron chi connectivity index (χ3n) is 3.79. The van der Waals surface area contributed by atoms with Crippen LogP contribution in [0, 0.1) is 0 Å². The van der Waals surface area contributed by atoms with Gasteiger partial charge in [-0.2, -0.15) is 0 Å². The van der Waals surface area contributed by atoms with Crippen LogP contribution in [0.4, 0.5) is 5.69 Å². The lowest BCUT2D eigenvalue weighted by atomic mass is 10.1. The van der Waals surface area contributed by atoms with E-state index in [9.17, 15) is 0 Å². The van der Waals surface area contributed by atoms with Crippen LogP contribution in [0.1, 0.15) is 40.2 Å². The van der Waals surface area contributed by atoms with Crippen molar-refractivity contribution in [3.8, 4) is 0 Å². The molecule has 0 radical (unpaired) electrons. The van der Waals surface area contributed by atoms with Crippen molar-refractivity contribution < 1.29 is 4.74 Å². The Labute approximate surface area is 137 Å². The van der Waals surface area contributed by atoms with Crippen molar-refractivity contribution in [1.29, 1.82) is 0 Å². The number of hydrogen-bond acceptors (Lipinski definition) is 3. The van der Waals surface area contributed by atoms with Gasteiger partial charge in [0.2, 0.25) is 0 Å². The summed E-state index contributed by atoms with van der Waals surface area (Å²) in [6.45, 7) is 13.5. The van der Waals surface area contributed by atoms with Crippen molar-refractivity contribution in [2.75, 3.05) is 18.1 Å². The fourth-order valence-corrected chi connectivity index (χ4v) is 2.99. The highest BCUT2D eigenvalue weighted by Crippen LogP contribution is 2.27. The minimum absolute atomic E-state index is 0.131. The largest absolute Gasteiger partial charge is 0.375 e. The second-order valence-electron chi connectivity index (χ2n) is 7.02. The van der Waals surface area contributed by atoms with Crippen LogP contribution in [-0.2, 0) is 11.3 Å². The molecule has 1 heterocycles. The molecule has 2 unspecified atom stereocenters. The summed E-state index contributed by atoms with van der Waals surface area (Å²) in [5.41, 5.74) is 2.69. The van der Waals surface area contributed by atoms with Crippen molar-refractivity contribution in [3.63, 3.8) is 0 Å². The number of rotatable bonds is 3. The first-order valence-electron chi connectivity index (χ1n) is 7.68. The summed E-state index contributed by atoms with van der Waals surface area (Å²) < 4.78 is 6.88. The minimum Gasteiger partial charge on any atom is -0.375 e. The maximum absolute atomic E-state index is 5.71. The molecule has 0 aliphatic carbocycles. The zero-order chi connectivity index (χ0) is 15.6. The highest BCUT2D eigenvalue weighted by Gasteiger charge is 2.24. The van der Waals surface area contributed by atoms with Gasteiger partial charge in [0, 0.05) is 34.8 Å². The van der Waals surface area contributed by atoms with E-state index in [0.717, 1.165) is 19.7 Å². The van der Waals surface area contributed by atoms with Gasteiger partial charge in [-0.05, 0) is 52.3 Å². The molecular formula is C17H27BrN2O. The number of halogens is 1.